The topological polar surface area (TPSA) is 142 Å². The van der Waals surface area contributed by atoms with Gasteiger partial charge in [0.25, 0.3) is 0 Å². The maximum atomic E-state index is 13.3. The van der Waals surface area contributed by atoms with E-state index in [1.807, 2.05) is 48.5 Å². The van der Waals surface area contributed by atoms with Crippen LogP contribution in [-0.4, -0.2) is 57.2 Å². The summed E-state index contributed by atoms with van der Waals surface area (Å²) in [6.07, 6.45) is -0.102. The third-order valence-corrected chi connectivity index (χ3v) is 6.38. The second-order valence-electron chi connectivity index (χ2n) is 10.4. The Morgan fingerprint density at radius 1 is 1.19 bits per heavy atom. The fourth-order valence-corrected chi connectivity index (χ4v) is 4.49. The molecule has 0 unspecified atom stereocenters. The number of hydrogen-bond donors (Lipinski definition) is 4. The van der Waals surface area contributed by atoms with Crippen molar-refractivity contribution in [1.82, 2.24) is 25.7 Å². The molecule has 1 aliphatic rings. The third kappa shape index (κ3) is 6.19. The second-order valence-corrected chi connectivity index (χ2v) is 10.4. The lowest BCUT2D eigenvalue weighted by molar-refractivity contribution is -0.131. The molecule has 1 aliphatic heterocycles. The zero-order valence-electron chi connectivity index (χ0n) is 21.6. The number of anilines is 1. The highest BCUT2D eigenvalue weighted by Crippen LogP contribution is 2.33. The number of nitrogens with one attached hydrogen (secondary N) is 3. The van der Waals surface area contributed by atoms with Crippen molar-refractivity contribution in [1.29, 1.82) is 0 Å². The van der Waals surface area contributed by atoms with Crippen LogP contribution in [-0.2, 0) is 20.9 Å². The minimum absolute atomic E-state index is 0.0139. The van der Waals surface area contributed by atoms with Gasteiger partial charge in [-0.05, 0) is 57.4 Å². The summed E-state index contributed by atoms with van der Waals surface area (Å²) in [5.41, 5.74) is 7.80. The van der Waals surface area contributed by atoms with Crippen LogP contribution in [0.4, 0.5) is 10.6 Å². The summed E-state index contributed by atoms with van der Waals surface area (Å²) in [6, 6.07) is 13.8. The predicted molar refractivity (Wildman–Crippen MR) is 140 cm³/mol. The monoisotopic (exact) mass is 506 g/mol. The Kier molecular flexibility index (Phi) is 7.37. The van der Waals surface area contributed by atoms with Crippen molar-refractivity contribution in [3.05, 3.63) is 59.7 Å². The maximum Gasteiger partial charge on any atom is 0.410 e. The van der Waals surface area contributed by atoms with E-state index in [0.717, 1.165) is 22.0 Å². The summed E-state index contributed by atoms with van der Waals surface area (Å²) in [7, 11) is 0. The Labute approximate surface area is 215 Å². The molecule has 1 saturated heterocycles. The molecule has 4 rings (SSSR count). The normalized spacial score (nSPS) is 18.4. The van der Waals surface area contributed by atoms with E-state index in [1.165, 1.54) is 4.90 Å². The van der Waals surface area contributed by atoms with Crippen molar-refractivity contribution >= 4 is 34.6 Å². The minimum atomic E-state index is -0.796. The van der Waals surface area contributed by atoms with Crippen LogP contribution in [0.1, 0.15) is 51.2 Å². The Morgan fingerprint density at radius 3 is 2.62 bits per heavy atom. The molecule has 196 valence electrons. The molecule has 3 amide bonds. The molecule has 0 aliphatic carbocycles. The molecule has 0 spiro atoms. The van der Waals surface area contributed by atoms with Crippen LogP contribution in [0.3, 0.4) is 0 Å². The van der Waals surface area contributed by atoms with E-state index < -0.39 is 23.8 Å². The summed E-state index contributed by atoms with van der Waals surface area (Å²) in [5, 5.41) is 13.3. The first kappa shape index (κ1) is 26.0. The Bertz CT molecular complexity index is 1280. The first-order chi connectivity index (χ1) is 17.5. The minimum Gasteiger partial charge on any atom is -0.444 e. The average molecular weight is 507 g/mol. The lowest BCUT2D eigenvalue weighted by Crippen LogP contribution is -2.52. The van der Waals surface area contributed by atoms with Gasteiger partial charge in [0.15, 0.2) is 5.82 Å². The van der Waals surface area contributed by atoms with Crippen molar-refractivity contribution in [2.45, 2.75) is 64.3 Å². The molecule has 37 heavy (non-hydrogen) atoms. The van der Waals surface area contributed by atoms with Crippen LogP contribution in [0.5, 0.6) is 0 Å². The number of nitrogen functional groups attached to an aromatic ring is 1. The molecule has 1 aromatic heterocycles. The van der Waals surface area contributed by atoms with E-state index in [4.69, 9.17) is 10.5 Å². The maximum absolute atomic E-state index is 13.3. The number of rotatable bonds is 6. The highest BCUT2D eigenvalue weighted by atomic mass is 16.6. The van der Waals surface area contributed by atoms with Gasteiger partial charge in [-0.25, -0.2) is 4.79 Å². The van der Waals surface area contributed by atoms with Gasteiger partial charge < -0.3 is 21.1 Å². The first-order valence-electron chi connectivity index (χ1n) is 12.4. The van der Waals surface area contributed by atoms with Gasteiger partial charge in [0.2, 0.25) is 11.8 Å². The molecule has 5 N–H and O–H groups in total. The number of ether oxygens (including phenoxy) is 1. The molecule has 3 aromatic rings. The van der Waals surface area contributed by atoms with Gasteiger partial charge in [-0.1, -0.05) is 36.4 Å². The zero-order chi connectivity index (χ0) is 26.7. The predicted octanol–water partition coefficient (Wildman–Crippen LogP) is 3.06. The smallest absolute Gasteiger partial charge is 0.410 e. The van der Waals surface area contributed by atoms with E-state index in [0.29, 0.717) is 18.8 Å². The zero-order valence-corrected chi connectivity index (χ0v) is 21.6. The van der Waals surface area contributed by atoms with Gasteiger partial charge in [-0.2, -0.15) is 5.10 Å². The molecule has 10 nitrogen and oxygen atoms in total. The van der Waals surface area contributed by atoms with Gasteiger partial charge in [0, 0.05) is 24.4 Å². The van der Waals surface area contributed by atoms with Crippen LogP contribution in [0.15, 0.2) is 48.5 Å². The van der Waals surface area contributed by atoms with E-state index in [9.17, 15) is 14.4 Å². The number of H-pyrrole nitrogens is 1. The molecular weight excluding hydrogens is 472 g/mol. The van der Waals surface area contributed by atoms with Gasteiger partial charge in [-0.15, -0.1) is 0 Å². The third-order valence-electron chi connectivity index (χ3n) is 6.38. The second kappa shape index (κ2) is 10.5. The van der Waals surface area contributed by atoms with E-state index in [1.54, 1.807) is 27.7 Å². The summed E-state index contributed by atoms with van der Waals surface area (Å²) in [4.78, 5) is 40.5. The quantitative estimate of drug-likeness (QED) is 0.405. The Balaban J connectivity index is 1.39. The van der Waals surface area contributed by atoms with Crippen LogP contribution in [0.2, 0.25) is 0 Å². The van der Waals surface area contributed by atoms with Crippen LogP contribution in [0.25, 0.3) is 10.9 Å². The molecule has 10 heteroatoms. The summed E-state index contributed by atoms with van der Waals surface area (Å²) in [5.74, 6) is -0.316. The number of amides is 3. The lowest BCUT2D eigenvalue weighted by Gasteiger charge is -2.28. The number of aromatic nitrogens is 2. The number of aromatic amines is 1. The molecule has 2 aromatic carbocycles. The standard InChI is InChI=1S/C27H34N6O4/c1-16(24(34)29-14-17-10-11-20-21(12-17)31-32-23(20)28)30-25(35)22-13-19(18-8-6-5-7-9-18)15-33(22)26(36)37-27(2,3)4/h5-12,16,19,22H,13-15H2,1-4H3,(H,29,34)(H,30,35)(H3,28,31,32)/t16-,19-,22+/m0/s1. The fourth-order valence-electron chi connectivity index (χ4n) is 4.49. The lowest BCUT2D eigenvalue weighted by atomic mass is 9.96. The Morgan fingerprint density at radius 2 is 1.92 bits per heavy atom. The van der Waals surface area contributed by atoms with E-state index >= 15 is 0 Å². The highest BCUT2D eigenvalue weighted by molar-refractivity contribution is 5.92. The van der Waals surface area contributed by atoms with Crippen LogP contribution in [0, 0.1) is 0 Å². The van der Waals surface area contributed by atoms with Gasteiger partial charge >= 0.3 is 6.09 Å². The average Bonchev–Trinajstić information content (AvgIpc) is 3.46. The number of nitrogens with zero attached hydrogens (tertiary/aromatic N) is 2. The SMILES string of the molecule is C[C@H](NC(=O)[C@H]1C[C@H](c2ccccc2)CN1C(=O)OC(C)(C)C)C(=O)NCc1ccc2c(N)n[nH]c2c1. The highest BCUT2D eigenvalue weighted by Gasteiger charge is 2.42. The van der Waals surface area contributed by atoms with Crippen LogP contribution >= 0.6 is 0 Å². The van der Waals surface area contributed by atoms with Crippen molar-refractivity contribution in [2.75, 3.05) is 12.3 Å². The number of fused-ring (bicyclic) bond motifs is 1. The number of nitrogens with two attached hydrogens (primary N) is 1. The van der Waals surface area contributed by atoms with Crippen LogP contribution < -0.4 is 16.4 Å². The van der Waals surface area contributed by atoms with E-state index in [2.05, 4.69) is 20.8 Å². The van der Waals surface area contributed by atoms with Crippen molar-refractivity contribution in [3.63, 3.8) is 0 Å². The molecule has 0 bridgehead atoms. The number of carbonyl (C=O) groups excluding carboxylic acids is 3. The van der Waals surface area contributed by atoms with Gasteiger partial charge in [0.05, 0.1) is 5.52 Å². The van der Waals surface area contributed by atoms with Crippen molar-refractivity contribution in [3.8, 4) is 0 Å². The number of carbonyl (C=O) groups is 3. The van der Waals surface area contributed by atoms with Gasteiger partial charge in [-0.3, -0.25) is 19.6 Å². The molecule has 1 fully saturated rings. The Hall–Kier alpha value is -4.08. The summed E-state index contributed by atoms with van der Waals surface area (Å²) < 4.78 is 5.57. The molecular formula is C27H34N6O4. The van der Waals surface area contributed by atoms with Crippen molar-refractivity contribution < 1.29 is 19.1 Å². The van der Waals surface area contributed by atoms with Gasteiger partial charge in [0.1, 0.15) is 17.7 Å². The number of benzene rings is 2. The first-order valence-corrected chi connectivity index (χ1v) is 12.4. The molecule has 3 atom stereocenters. The summed E-state index contributed by atoms with van der Waals surface area (Å²) >= 11 is 0. The van der Waals surface area contributed by atoms with Crippen molar-refractivity contribution in [2.24, 2.45) is 0 Å². The molecule has 0 saturated carbocycles. The molecule has 2 heterocycles. The number of likely N-dealkylation sites (tertiary alicyclic amines) is 1. The molecule has 0 radical (unpaired) electrons. The van der Waals surface area contributed by atoms with E-state index in [-0.39, 0.29) is 24.3 Å². The number of hydrogen-bond acceptors (Lipinski definition) is 6. The summed E-state index contributed by atoms with van der Waals surface area (Å²) in [6.45, 7) is 7.62. The fraction of sp³-hybridized carbons (Fsp3) is 0.407. The largest absolute Gasteiger partial charge is 0.444 e.